The number of amides is 1. The molecule has 2 aromatic rings. The van der Waals surface area contributed by atoms with E-state index in [1.807, 2.05) is 36.4 Å². The van der Waals surface area contributed by atoms with Crippen LogP contribution in [0.5, 0.6) is 5.75 Å². The number of aliphatic imine (C=N–C) groups is 1. The van der Waals surface area contributed by atoms with Crippen LogP contribution in [-0.2, 0) is 9.53 Å². The summed E-state index contributed by atoms with van der Waals surface area (Å²) in [4.78, 5) is 16.2. The second-order valence-corrected chi connectivity index (χ2v) is 6.47. The van der Waals surface area contributed by atoms with Crippen molar-refractivity contribution in [2.45, 2.75) is 18.9 Å². The molecule has 1 saturated heterocycles. The molecule has 0 saturated carbocycles. The first kappa shape index (κ1) is 18.4. The molecule has 0 aliphatic carbocycles. The molecule has 1 heterocycles. The van der Waals surface area contributed by atoms with Gasteiger partial charge in [0.25, 0.3) is 5.91 Å². The van der Waals surface area contributed by atoms with Gasteiger partial charge in [0.15, 0.2) is 6.61 Å². The molecule has 3 rings (SSSR count). The van der Waals surface area contributed by atoms with E-state index in [1.165, 1.54) is 0 Å². The number of nitrogens with one attached hydrogen (secondary N) is 1. The third-order valence-electron chi connectivity index (χ3n) is 3.99. The molecule has 2 aromatic carbocycles. The zero-order chi connectivity index (χ0) is 18.2. The first-order valence-corrected chi connectivity index (χ1v) is 8.98. The first-order valence-electron chi connectivity index (χ1n) is 8.60. The summed E-state index contributed by atoms with van der Waals surface area (Å²) in [5.74, 6) is 0.495. The van der Waals surface area contributed by atoms with Crippen LogP contribution in [0.4, 0.5) is 5.69 Å². The largest absolute Gasteiger partial charge is 0.484 e. The Bertz CT molecular complexity index is 739. The van der Waals surface area contributed by atoms with Crippen LogP contribution in [0, 0.1) is 0 Å². The number of hydrogen-bond acceptors (Lipinski definition) is 4. The number of carbonyl (C=O) groups excluding carboxylic acids is 1. The maximum atomic E-state index is 11.8. The molecule has 136 valence electrons. The lowest BCUT2D eigenvalue weighted by molar-refractivity contribution is -0.123. The SMILES string of the molecule is O=C(COc1ccc(C=Nc2ccc(Cl)cc2)cc1)NC[C@@H]1CCCO1. The Hall–Kier alpha value is -2.37. The van der Waals surface area contributed by atoms with E-state index in [1.54, 1.807) is 18.3 Å². The summed E-state index contributed by atoms with van der Waals surface area (Å²) in [6.45, 7) is 1.32. The molecule has 1 amide bonds. The summed E-state index contributed by atoms with van der Waals surface area (Å²) in [5, 5.41) is 3.51. The number of hydrogen-bond donors (Lipinski definition) is 1. The van der Waals surface area contributed by atoms with Gasteiger partial charge in [-0.15, -0.1) is 0 Å². The number of nitrogens with zero attached hydrogens (tertiary/aromatic N) is 1. The van der Waals surface area contributed by atoms with Crippen LogP contribution < -0.4 is 10.1 Å². The molecule has 0 aromatic heterocycles. The van der Waals surface area contributed by atoms with Crippen molar-refractivity contribution in [3.63, 3.8) is 0 Å². The number of ether oxygens (including phenoxy) is 2. The topological polar surface area (TPSA) is 59.9 Å². The summed E-state index contributed by atoms with van der Waals surface area (Å²) in [7, 11) is 0. The van der Waals surface area contributed by atoms with Crippen LogP contribution in [0.25, 0.3) is 0 Å². The molecule has 6 heteroatoms. The lowest BCUT2D eigenvalue weighted by Crippen LogP contribution is -2.35. The van der Waals surface area contributed by atoms with E-state index in [4.69, 9.17) is 21.1 Å². The average molecular weight is 373 g/mol. The van der Waals surface area contributed by atoms with Crippen molar-refractivity contribution in [1.82, 2.24) is 5.32 Å². The van der Waals surface area contributed by atoms with Crippen molar-refractivity contribution in [3.8, 4) is 5.75 Å². The van der Waals surface area contributed by atoms with Crippen molar-refractivity contribution in [1.29, 1.82) is 0 Å². The van der Waals surface area contributed by atoms with Gasteiger partial charge in [0.2, 0.25) is 0 Å². The Labute approximate surface area is 158 Å². The highest BCUT2D eigenvalue weighted by molar-refractivity contribution is 6.30. The van der Waals surface area contributed by atoms with E-state index in [0.29, 0.717) is 17.3 Å². The molecule has 1 aliphatic rings. The Morgan fingerprint density at radius 1 is 1.23 bits per heavy atom. The fourth-order valence-corrected chi connectivity index (χ4v) is 2.69. The second-order valence-electron chi connectivity index (χ2n) is 6.03. The van der Waals surface area contributed by atoms with Gasteiger partial charge in [0.1, 0.15) is 5.75 Å². The summed E-state index contributed by atoms with van der Waals surface area (Å²) in [6, 6.07) is 14.7. The predicted molar refractivity (Wildman–Crippen MR) is 103 cm³/mol. The number of benzene rings is 2. The molecule has 1 atom stereocenters. The quantitative estimate of drug-likeness (QED) is 0.753. The minimum Gasteiger partial charge on any atom is -0.484 e. The Balaban J connectivity index is 1.43. The van der Waals surface area contributed by atoms with Crippen LogP contribution >= 0.6 is 11.6 Å². The summed E-state index contributed by atoms with van der Waals surface area (Å²) >= 11 is 5.85. The smallest absolute Gasteiger partial charge is 0.258 e. The van der Waals surface area contributed by atoms with Crippen molar-refractivity contribution in [2.75, 3.05) is 19.8 Å². The maximum absolute atomic E-state index is 11.8. The lowest BCUT2D eigenvalue weighted by Gasteiger charge is -2.11. The normalized spacial score (nSPS) is 16.7. The molecule has 1 fully saturated rings. The van der Waals surface area contributed by atoms with Crippen LogP contribution in [0.2, 0.25) is 5.02 Å². The predicted octanol–water partition coefficient (Wildman–Crippen LogP) is 3.76. The molecule has 5 nitrogen and oxygen atoms in total. The summed E-state index contributed by atoms with van der Waals surface area (Å²) < 4.78 is 11.0. The van der Waals surface area contributed by atoms with Gasteiger partial charge in [-0.05, 0) is 66.9 Å². The third kappa shape index (κ3) is 5.86. The summed E-state index contributed by atoms with van der Waals surface area (Å²) in [5.41, 5.74) is 1.77. The average Bonchev–Trinajstić information content (AvgIpc) is 3.19. The zero-order valence-electron chi connectivity index (χ0n) is 14.4. The molecule has 0 spiro atoms. The fraction of sp³-hybridized carbons (Fsp3) is 0.300. The van der Waals surface area contributed by atoms with E-state index in [0.717, 1.165) is 30.7 Å². The Morgan fingerprint density at radius 3 is 2.69 bits per heavy atom. The highest BCUT2D eigenvalue weighted by Gasteiger charge is 2.16. The Morgan fingerprint density at radius 2 is 2.00 bits per heavy atom. The van der Waals surface area contributed by atoms with Crippen LogP contribution in [0.15, 0.2) is 53.5 Å². The van der Waals surface area contributed by atoms with Gasteiger partial charge in [-0.1, -0.05) is 11.6 Å². The van der Waals surface area contributed by atoms with Crippen LogP contribution in [-0.4, -0.2) is 38.0 Å². The minimum absolute atomic E-state index is 0.00900. The molecular weight excluding hydrogens is 352 g/mol. The Kier molecular flexibility index (Phi) is 6.63. The maximum Gasteiger partial charge on any atom is 0.258 e. The van der Waals surface area contributed by atoms with Gasteiger partial charge in [0.05, 0.1) is 11.8 Å². The van der Waals surface area contributed by atoms with E-state index in [-0.39, 0.29) is 18.6 Å². The highest BCUT2D eigenvalue weighted by atomic mass is 35.5. The van der Waals surface area contributed by atoms with Gasteiger partial charge in [-0.2, -0.15) is 0 Å². The van der Waals surface area contributed by atoms with Crippen molar-refractivity contribution in [2.24, 2.45) is 4.99 Å². The zero-order valence-corrected chi connectivity index (χ0v) is 15.1. The van der Waals surface area contributed by atoms with Gasteiger partial charge < -0.3 is 14.8 Å². The van der Waals surface area contributed by atoms with Gasteiger partial charge >= 0.3 is 0 Å². The third-order valence-corrected chi connectivity index (χ3v) is 4.24. The first-order chi connectivity index (χ1) is 12.7. The van der Waals surface area contributed by atoms with Gasteiger partial charge in [0, 0.05) is 24.4 Å². The standard InChI is InChI=1S/C20H21ClN2O3/c21-16-5-7-17(8-6-16)22-12-15-3-9-18(10-4-15)26-14-20(24)23-13-19-2-1-11-25-19/h3-10,12,19H,1-2,11,13-14H2,(H,23,24)/t19-/m0/s1. The van der Waals surface area contributed by atoms with E-state index in [9.17, 15) is 4.79 Å². The van der Waals surface area contributed by atoms with E-state index < -0.39 is 0 Å². The molecule has 0 bridgehead atoms. The number of carbonyl (C=O) groups is 1. The van der Waals surface area contributed by atoms with Crippen molar-refractivity contribution in [3.05, 3.63) is 59.1 Å². The molecule has 1 N–H and O–H groups in total. The molecule has 26 heavy (non-hydrogen) atoms. The van der Waals surface area contributed by atoms with E-state index in [2.05, 4.69) is 10.3 Å². The second kappa shape index (κ2) is 9.36. The highest BCUT2D eigenvalue weighted by Crippen LogP contribution is 2.17. The van der Waals surface area contributed by atoms with Crippen LogP contribution in [0.3, 0.4) is 0 Å². The van der Waals surface area contributed by atoms with Crippen molar-refractivity contribution >= 4 is 29.4 Å². The number of rotatable bonds is 7. The monoisotopic (exact) mass is 372 g/mol. The van der Waals surface area contributed by atoms with Gasteiger partial charge in [-0.3, -0.25) is 9.79 Å². The van der Waals surface area contributed by atoms with Gasteiger partial charge in [-0.25, -0.2) is 0 Å². The van der Waals surface area contributed by atoms with Crippen molar-refractivity contribution < 1.29 is 14.3 Å². The molecule has 0 radical (unpaired) electrons. The molecule has 0 unspecified atom stereocenters. The van der Waals surface area contributed by atoms with Crippen LogP contribution in [0.1, 0.15) is 18.4 Å². The lowest BCUT2D eigenvalue weighted by atomic mass is 10.2. The number of halogens is 1. The summed E-state index contributed by atoms with van der Waals surface area (Å²) in [6.07, 6.45) is 3.96. The molecule has 1 aliphatic heterocycles. The fourth-order valence-electron chi connectivity index (χ4n) is 2.56. The minimum atomic E-state index is -0.145. The molecular formula is C20H21ClN2O3. The van der Waals surface area contributed by atoms with E-state index >= 15 is 0 Å².